The molecule has 6 N–H and O–H groups in total. The van der Waals surface area contributed by atoms with Gasteiger partial charge in [-0.25, -0.2) is 23.7 Å². The molecule has 0 aliphatic rings. The molecule has 0 spiro atoms. The van der Waals surface area contributed by atoms with Crippen LogP contribution in [0.15, 0.2) is 66.0 Å². The van der Waals surface area contributed by atoms with E-state index in [-0.39, 0.29) is 41.7 Å². The van der Waals surface area contributed by atoms with Crippen molar-refractivity contribution in [1.82, 2.24) is 25.1 Å². The van der Waals surface area contributed by atoms with E-state index in [9.17, 15) is 22.0 Å². The predicted octanol–water partition coefficient (Wildman–Crippen LogP) is 4.81. The van der Waals surface area contributed by atoms with Crippen molar-refractivity contribution in [3.05, 3.63) is 94.9 Å². The number of halogens is 5. The Labute approximate surface area is 223 Å². The monoisotopic (exact) mass is 553 g/mol. The molecule has 3 heterocycles. The molecular formula is C26H20F5N9. The van der Waals surface area contributed by atoms with E-state index in [0.29, 0.717) is 22.9 Å². The van der Waals surface area contributed by atoms with Crippen molar-refractivity contribution in [3.63, 3.8) is 0 Å². The lowest BCUT2D eigenvalue weighted by Crippen LogP contribution is -2.19. The minimum atomic E-state index is -4.66. The maximum Gasteiger partial charge on any atom is 0.417 e. The Bertz CT molecular complexity index is 1710. The fraction of sp³-hybridized carbons (Fsp3) is 0.115. The second kappa shape index (κ2) is 10.6. The Kier molecular flexibility index (Phi) is 6.98. The van der Waals surface area contributed by atoms with Gasteiger partial charge in [-0.2, -0.15) is 18.3 Å². The fourth-order valence-electron chi connectivity index (χ4n) is 3.92. The van der Waals surface area contributed by atoms with E-state index in [1.807, 2.05) is 12.1 Å². The first-order valence-electron chi connectivity index (χ1n) is 11.7. The van der Waals surface area contributed by atoms with Crippen molar-refractivity contribution in [2.24, 2.45) is 10.7 Å². The summed E-state index contributed by atoms with van der Waals surface area (Å²) in [5, 5.41) is 10.6. The molecule has 0 saturated heterocycles. The topological polar surface area (TPSA) is 144 Å². The molecule has 14 heteroatoms. The number of nitrogens with zero attached hydrogens (tertiary/aromatic N) is 5. The molecule has 0 radical (unpaired) electrons. The number of pyridine rings is 1. The zero-order valence-electron chi connectivity index (χ0n) is 20.5. The van der Waals surface area contributed by atoms with Crippen LogP contribution < -0.4 is 16.8 Å². The van der Waals surface area contributed by atoms with Crippen LogP contribution in [0, 0.1) is 11.6 Å². The predicted molar refractivity (Wildman–Crippen MR) is 139 cm³/mol. The number of nitrogen functional groups attached to an aromatic ring is 1. The highest BCUT2D eigenvalue weighted by atomic mass is 19.4. The Hall–Kier alpha value is -5.14. The van der Waals surface area contributed by atoms with Gasteiger partial charge in [0, 0.05) is 18.3 Å². The first-order chi connectivity index (χ1) is 19.1. The Morgan fingerprint density at radius 3 is 2.42 bits per heavy atom. The van der Waals surface area contributed by atoms with Gasteiger partial charge in [0.25, 0.3) is 0 Å². The van der Waals surface area contributed by atoms with Crippen molar-refractivity contribution < 1.29 is 22.0 Å². The summed E-state index contributed by atoms with van der Waals surface area (Å²) in [7, 11) is 0. The Morgan fingerprint density at radius 2 is 1.70 bits per heavy atom. The van der Waals surface area contributed by atoms with E-state index in [1.165, 1.54) is 12.4 Å². The maximum absolute atomic E-state index is 13.5. The molecule has 5 rings (SSSR count). The Morgan fingerprint density at radius 1 is 0.950 bits per heavy atom. The highest BCUT2D eigenvalue weighted by Crippen LogP contribution is 2.31. The minimum Gasteiger partial charge on any atom is -0.383 e. The molecular weight excluding hydrogens is 533 g/mol. The summed E-state index contributed by atoms with van der Waals surface area (Å²) in [6.07, 6.45) is -2.66. The van der Waals surface area contributed by atoms with Crippen molar-refractivity contribution in [2.45, 2.75) is 19.3 Å². The van der Waals surface area contributed by atoms with Crippen LogP contribution in [-0.4, -0.2) is 31.0 Å². The van der Waals surface area contributed by atoms with Gasteiger partial charge in [-0.3, -0.25) is 10.1 Å². The average Bonchev–Trinajstić information content (AvgIpc) is 3.38. The summed E-state index contributed by atoms with van der Waals surface area (Å²) < 4.78 is 66.9. The number of hydrogen-bond acceptors (Lipinski definition) is 7. The molecule has 0 fully saturated rings. The normalized spacial score (nSPS) is 12.2. The van der Waals surface area contributed by atoms with Crippen LogP contribution >= 0.6 is 0 Å². The van der Waals surface area contributed by atoms with E-state index in [1.54, 1.807) is 12.1 Å². The summed E-state index contributed by atoms with van der Waals surface area (Å²) in [4.78, 5) is 16.1. The standard InChI is InChI=1S/C26H20F5N9/c27-18-6-3-14(7-19(18)28)10-34-22(32)17-8-16(26(29,30)31)11-36-24(17)35-9-13-1-4-15(5-2-13)21-20-23(33)37-12-38-25(20)40-39-21/h1-8,11-12H,9-10H2,(H2,32,34)(H,35,36)(H3,33,37,38,39,40). The molecule has 5 aromatic rings. The van der Waals surface area contributed by atoms with Gasteiger partial charge in [-0.05, 0) is 29.3 Å². The number of hydrogen-bond donors (Lipinski definition) is 4. The number of alkyl halides is 3. The lowest BCUT2D eigenvalue weighted by molar-refractivity contribution is -0.137. The maximum atomic E-state index is 13.5. The highest BCUT2D eigenvalue weighted by molar-refractivity contribution is 6.02. The number of aliphatic imine (C=N–C) groups is 1. The highest BCUT2D eigenvalue weighted by Gasteiger charge is 2.32. The third-order valence-electron chi connectivity index (χ3n) is 5.99. The van der Waals surface area contributed by atoms with Gasteiger partial charge in [-0.15, -0.1) is 0 Å². The lowest BCUT2D eigenvalue weighted by atomic mass is 10.1. The van der Waals surface area contributed by atoms with E-state index in [4.69, 9.17) is 11.5 Å². The van der Waals surface area contributed by atoms with Gasteiger partial charge < -0.3 is 16.8 Å². The summed E-state index contributed by atoms with van der Waals surface area (Å²) in [6, 6.07) is 11.2. The molecule has 0 amide bonds. The number of aromatic amines is 1. The fourth-order valence-corrected chi connectivity index (χ4v) is 3.92. The molecule has 2 aromatic carbocycles. The van der Waals surface area contributed by atoms with Crippen LogP contribution in [0.3, 0.4) is 0 Å². The number of nitrogens with one attached hydrogen (secondary N) is 2. The third kappa shape index (κ3) is 5.50. The summed E-state index contributed by atoms with van der Waals surface area (Å²) >= 11 is 0. The summed E-state index contributed by atoms with van der Waals surface area (Å²) in [5.41, 5.74) is 13.8. The van der Waals surface area contributed by atoms with Crippen LogP contribution in [0.25, 0.3) is 22.3 Å². The van der Waals surface area contributed by atoms with Gasteiger partial charge in [0.2, 0.25) is 0 Å². The SMILES string of the molecule is NC(=NCc1ccc(F)c(F)c1)c1cc(C(F)(F)F)cnc1NCc1ccc(-c2[nH]nc3ncnc(N)c23)cc1. The van der Waals surface area contributed by atoms with E-state index >= 15 is 0 Å². The number of benzene rings is 2. The number of fused-ring (bicyclic) bond motifs is 1. The van der Waals surface area contributed by atoms with Gasteiger partial charge >= 0.3 is 6.18 Å². The quantitative estimate of drug-likeness (QED) is 0.129. The average molecular weight is 553 g/mol. The van der Waals surface area contributed by atoms with Crippen molar-refractivity contribution in [1.29, 1.82) is 0 Å². The zero-order chi connectivity index (χ0) is 28.4. The van der Waals surface area contributed by atoms with E-state index < -0.39 is 23.4 Å². The minimum absolute atomic E-state index is 0.0631. The number of aromatic nitrogens is 5. The first-order valence-corrected chi connectivity index (χ1v) is 11.7. The molecule has 3 aromatic heterocycles. The summed E-state index contributed by atoms with van der Waals surface area (Å²) in [5.74, 6) is -2.01. The molecule has 0 atom stereocenters. The van der Waals surface area contributed by atoms with E-state index in [2.05, 4.69) is 35.5 Å². The van der Waals surface area contributed by atoms with Crippen molar-refractivity contribution >= 4 is 28.5 Å². The number of nitrogens with two attached hydrogens (primary N) is 2. The number of rotatable bonds is 7. The number of anilines is 2. The molecule has 0 bridgehead atoms. The molecule has 0 saturated carbocycles. The Balaban J connectivity index is 1.37. The second-order valence-electron chi connectivity index (χ2n) is 8.67. The molecule has 204 valence electrons. The molecule has 9 nitrogen and oxygen atoms in total. The number of H-pyrrole nitrogens is 1. The smallest absolute Gasteiger partial charge is 0.383 e. The van der Waals surface area contributed by atoms with Crippen molar-refractivity contribution in [2.75, 3.05) is 11.1 Å². The second-order valence-corrected chi connectivity index (χ2v) is 8.67. The van der Waals surface area contributed by atoms with Crippen LogP contribution in [0.5, 0.6) is 0 Å². The molecule has 0 unspecified atom stereocenters. The molecule has 40 heavy (non-hydrogen) atoms. The van der Waals surface area contributed by atoms with E-state index in [0.717, 1.165) is 29.3 Å². The summed E-state index contributed by atoms with van der Waals surface area (Å²) in [6.45, 7) is 0.00902. The molecule has 0 aliphatic heterocycles. The largest absolute Gasteiger partial charge is 0.417 e. The lowest BCUT2D eigenvalue weighted by Gasteiger charge is -2.14. The van der Waals surface area contributed by atoms with Crippen LogP contribution in [0.1, 0.15) is 22.3 Å². The van der Waals surface area contributed by atoms with Crippen molar-refractivity contribution in [3.8, 4) is 11.3 Å². The van der Waals surface area contributed by atoms with Gasteiger partial charge in [0.1, 0.15) is 23.8 Å². The molecule has 0 aliphatic carbocycles. The first kappa shape index (κ1) is 26.5. The van der Waals surface area contributed by atoms with Crippen LogP contribution in [0.4, 0.5) is 33.6 Å². The van der Waals surface area contributed by atoms with Gasteiger partial charge in [-0.1, -0.05) is 30.3 Å². The zero-order valence-corrected chi connectivity index (χ0v) is 20.5. The third-order valence-corrected chi connectivity index (χ3v) is 5.99. The number of amidine groups is 1. The van der Waals surface area contributed by atoms with Crippen LogP contribution in [0.2, 0.25) is 0 Å². The van der Waals surface area contributed by atoms with Gasteiger partial charge in [0.15, 0.2) is 17.3 Å². The van der Waals surface area contributed by atoms with Gasteiger partial charge in [0.05, 0.1) is 28.8 Å². The van der Waals surface area contributed by atoms with Crippen LogP contribution in [-0.2, 0) is 19.3 Å².